The lowest BCUT2D eigenvalue weighted by Gasteiger charge is -2.33. The summed E-state index contributed by atoms with van der Waals surface area (Å²) in [4.78, 5) is 25.9. The number of carboxylic acids is 1. The lowest BCUT2D eigenvalue weighted by atomic mass is 10.0. The maximum absolute atomic E-state index is 12.8. The van der Waals surface area contributed by atoms with Crippen LogP contribution in [0, 0.1) is 6.92 Å². The van der Waals surface area contributed by atoms with Crippen molar-refractivity contribution < 1.29 is 24.2 Å². The minimum absolute atomic E-state index is 0.0182. The summed E-state index contributed by atoms with van der Waals surface area (Å²) in [5.74, 6) is 0.318. The fourth-order valence-electron chi connectivity index (χ4n) is 3.73. The maximum Gasteiger partial charge on any atom is 0.339 e. The van der Waals surface area contributed by atoms with Gasteiger partial charge in [-0.25, -0.2) is 4.79 Å². The molecule has 2 aromatic rings. The van der Waals surface area contributed by atoms with Gasteiger partial charge in [0.1, 0.15) is 17.1 Å². The van der Waals surface area contributed by atoms with Gasteiger partial charge in [0.05, 0.1) is 38.6 Å². The number of amides is 1. The van der Waals surface area contributed by atoms with E-state index in [2.05, 4.69) is 5.10 Å². The first-order chi connectivity index (χ1) is 13.5. The van der Waals surface area contributed by atoms with Gasteiger partial charge in [-0.1, -0.05) is 6.07 Å². The summed E-state index contributed by atoms with van der Waals surface area (Å²) in [6.45, 7) is 2.97. The number of benzene rings is 1. The number of rotatable bonds is 6. The predicted molar refractivity (Wildman–Crippen MR) is 102 cm³/mol. The third kappa shape index (κ3) is 3.81. The molecule has 0 saturated carbocycles. The zero-order valence-corrected chi connectivity index (χ0v) is 16.3. The Bertz CT molecular complexity index is 846. The Morgan fingerprint density at radius 2 is 1.79 bits per heavy atom. The molecule has 28 heavy (non-hydrogen) atoms. The number of aromatic carboxylic acids is 1. The molecule has 1 N–H and O–H groups in total. The molecule has 0 atom stereocenters. The summed E-state index contributed by atoms with van der Waals surface area (Å²) in [6, 6.07) is 5.56. The van der Waals surface area contributed by atoms with Gasteiger partial charge in [-0.15, -0.1) is 0 Å². The molecule has 2 heterocycles. The first-order valence-corrected chi connectivity index (χ1v) is 9.21. The van der Waals surface area contributed by atoms with Crippen molar-refractivity contribution in [3.8, 4) is 11.5 Å². The molecular weight excluding hydrogens is 362 g/mol. The zero-order chi connectivity index (χ0) is 20.3. The minimum atomic E-state index is -0.970. The van der Waals surface area contributed by atoms with Crippen LogP contribution in [0.3, 0.4) is 0 Å². The number of hydrogen-bond acceptors (Lipinski definition) is 5. The lowest BCUT2D eigenvalue weighted by Crippen LogP contribution is -2.40. The Balaban J connectivity index is 1.66. The van der Waals surface area contributed by atoms with E-state index in [0.717, 1.165) is 18.4 Å². The Morgan fingerprint density at radius 3 is 2.29 bits per heavy atom. The molecule has 3 rings (SSSR count). The van der Waals surface area contributed by atoms with Gasteiger partial charge in [0.25, 0.3) is 0 Å². The zero-order valence-electron chi connectivity index (χ0n) is 16.3. The predicted octanol–water partition coefficient (Wildman–Crippen LogP) is 2.31. The van der Waals surface area contributed by atoms with E-state index < -0.39 is 5.97 Å². The first-order valence-electron chi connectivity index (χ1n) is 9.21. The minimum Gasteiger partial charge on any atom is -0.496 e. The normalized spacial score (nSPS) is 14.8. The van der Waals surface area contributed by atoms with Crippen molar-refractivity contribution in [3.05, 3.63) is 41.2 Å². The average molecular weight is 387 g/mol. The molecule has 1 aliphatic rings. The van der Waals surface area contributed by atoms with Crippen LogP contribution in [0.1, 0.15) is 40.5 Å². The summed E-state index contributed by atoms with van der Waals surface area (Å²) >= 11 is 0. The van der Waals surface area contributed by atoms with Gasteiger partial charge in [-0.2, -0.15) is 5.10 Å². The highest BCUT2D eigenvalue weighted by atomic mass is 16.5. The van der Waals surface area contributed by atoms with E-state index >= 15 is 0 Å². The molecule has 0 spiro atoms. The number of ether oxygens (including phenoxy) is 2. The highest BCUT2D eigenvalue weighted by Crippen LogP contribution is 2.30. The van der Waals surface area contributed by atoms with Gasteiger partial charge in [-0.3, -0.25) is 9.48 Å². The second-order valence-corrected chi connectivity index (χ2v) is 6.82. The van der Waals surface area contributed by atoms with Crippen molar-refractivity contribution in [2.24, 2.45) is 0 Å². The lowest BCUT2D eigenvalue weighted by molar-refractivity contribution is -0.131. The number of carboxylic acid groups (broad SMARTS) is 1. The van der Waals surface area contributed by atoms with Gasteiger partial charge in [0.15, 0.2) is 0 Å². The Hall–Kier alpha value is -3.03. The van der Waals surface area contributed by atoms with Crippen molar-refractivity contribution >= 4 is 11.9 Å². The molecule has 0 aliphatic carbocycles. The van der Waals surface area contributed by atoms with E-state index in [1.165, 1.54) is 6.20 Å². The molecule has 0 unspecified atom stereocenters. The highest BCUT2D eigenvalue weighted by molar-refractivity contribution is 5.88. The summed E-state index contributed by atoms with van der Waals surface area (Å²) in [5.41, 5.74) is 1.62. The van der Waals surface area contributed by atoms with E-state index in [1.54, 1.807) is 25.8 Å². The standard InChI is InChI=1S/C20H25N3O5/c1-13-16(20(25)26)12-21-23(13)14-7-9-22(10-8-14)19(24)11-15-17(27-2)5-4-6-18(15)28-3/h4-6,12,14H,7-11H2,1-3H3,(H,25,26). The molecule has 1 amide bonds. The van der Waals surface area contributed by atoms with Crippen LogP contribution in [-0.2, 0) is 11.2 Å². The van der Waals surface area contributed by atoms with Crippen molar-refractivity contribution in [3.63, 3.8) is 0 Å². The third-order valence-corrected chi connectivity index (χ3v) is 5.30. The van der Waals surface area contributed by atoms with E-state index in [9.17, 15) is 14.7 Å². The molecule has 150 valence electrons. The Morgan fingerprint density at radius 1 is 1.18 bits per heavy atom. The molecule has 0 bridgehead atoms. The van der Waals surface area contributed by atoms with E-state index in [4.69, 9.17) is 9.47 Å². The van der Waals surface area contributed by atoms with Crippen LogP contribution in [0.5, 0.6) is 11.5 Å². The van der Waals surface area contributed by atoms with Crippen molar-refractivity contribution in [1.29, 1.82) is 0 Å². The number of methoxy groups -OCH3 is 2. The largest absolute Gasteiger partial charge is 0.496 e. The molecule has 8 heteroatoms. The monoisotopic (exact) mass is 387 g/mol. The number of nitrogens with zero attached hydrogens (tertiary/aromatic N) is 3. The summed E-state index contributed by atoms with van der Waals surface area (Å²) in [5, 5.41) is 13.4. The number of hydrogen-bond donors (Lipinski definition) is 1. The van der Waals surface area contributed by atoms with E-state index in [-0.39, 0.29) is 23.9 Å². The number of piperidine rings is 1. The Kier molecular flexibility index (Phi) is 5.87. The molecule has 1 aromatic heterocycles. The molecule has 1 aliphatic heterocycles. The summed E-state index contributed by atoms with van der Waals surface area (Å²) in [6.07, 6.45) is 3.07. The fraction of sp³-hybridized carbons (Fsp3) is 0.450. The average Bonchev–Trinajstić information content (AvgIpc) is 3.09. The van der Waals surface area contributed by atoms with Gasteiger partial charge >= 0.3 is 5.97 Å². The molecule has 1 fully saturated rings. The second-order valence-electron chi connectivity index (χ2n) is 6.82. The first kappa shape index (κ1) is 19.7. The van der Waals surface area contributed by atoms with Crippen LogP contribution < -0.4 is 9.47 Å². The van der Waals surface area contributed by atoms with Crippen molar-refractivity contribution in [1.82, 2.24) is 14.7 Å². The molecular formula is C20H25N3O5. The van der Waals surface area contributed by atoms with E-state index in [0.29, 0.717) is 30.3 Å². The number of aromatic nitrogens is 2. The summed E-state index contributed by atoms with van der Waals surface area (Å²) < 4.78 is 12.5. The maximum atomic E-state index is 12.8. The second kappa shape index (κ2) is 8.33. The quantitative estimate of drug-likeness (QED) is 0.818. The van der Waals surface area contributed by atoms with Gasteiger partial charge in [0, 0.05) is 18.7 Å². The van der Waals surface area contributed by atoms with Gasteiger partial charge in [0.2, 0.25) is 5.91 Å². The highest BCUT2D eigenvalue weighted by Gasteiger charge is 2.27. The molecule has 8 nitrogen and oxygen atoms in total. The van der Waals surface area contributed by atoms with Gasteiger partial charge in [-0.05, 0) is 31.9 Å². The molecule has 1 aromatic carbocycles. The topological polar surface area (TPSA) is 93.9 Å². The molecule has 1 saturated heterocycles. The van der Waals surface area contributed by atoms with E-state index in [1.807, 2.05) is 23.1 Å². The number of likely N-dealkylation sites (tertiary alicyclic amines) is 1. The van der Waals surface area contributed by atoms with Crippen molar-refractivity contribution in [2.45, 2.75) is 32.2 Å². The molecule has 0 radical (unpaired) electrons. The fourth-order valence-corrected chi connectivity index (χ4v) is 3.73. The van der Waals surface area contributed by atoms with Crippen LogP contribution >= 0.6 is 0 Å². The summed E-state index contributed by atoms with van der Waals surface area (Å²) in [7, 11) is 3.15. The van der Waals surface area contributed by atoms with Crippen LogP contribution in [0.15, 0.2) is 24.4 Å². The smallest absolute Gasteiger partial charge is 0.339 e. The van der Waals surface area contributed by atoms with Crippen molar-refractivity contribution in [2.75, 3.05) is 27.3 Å². The SMILES string of the molecule is COc1cccc(OC)c1CC(=O)N1CCC(n2ncc(C(=O)O)c2C)CC1. The van der Waals surface area contributed by atoms with Crippen LogP contribution in [0.4, 0.5) is 0 Å². The Labute approximate surface area is 163 Å². The van der Waals surface area contributed by atoms with Gasteiger partial charge < -0.3 is 19.5 Å². The third-order valence-electron chi connectivity index (χ3n) is 5.30. The number of carbonyl (C=O) groups excluding carboxylic acids is 1. The van der Waals surface area contributed by atoms with Crippen LogP contribution in [-0.4, -0.2) is 59.0 Å². The van der Waals surface area contributed by atoms with Crippen LogP contribution in [0.25, 0.3) is 0 Å². The number of carbonyl (C=O) groups is 2. The van der Waals surface area contributed by atoms with Crippen LogP contribution in [0.2, 0.25) is 0 Å².